The van der Waals surface area contributed by atoms with Gasteiger partial charge in [-0.2, -0.15) is 0 Å². The summed E-state index contributed by atoms with van der Waals surface area (Å²) in [6, 6.07) is 1.42. The number of nitrogen functional groups attached to an aromatic ring is 1. The van der Waals surface area contributed by atoms with Crippen molar-refractivity contribution < 1.29 is 17.9 Å². The van der Waals surface area contributed by atoms with E-state index in [0.29, 0.717) is 3.70 Å². The maximum atomic E-state index is 12.0. The Hall–Kier alpha value is -0.770. The van der Waals surface area contributed by atoms with E-state index in [0.717, 1.165) is 0 Å². The fourth-order valence-corrected chi connectivity index (χ4v) is 1.49. The van der Waals surface area contributed by atoms with Crippen molar-refractivity contribution in [1.29, 1.82) is 0 Å². The molecule has 0 aliphatic rings. The number of alkyl halides is 3. The highest BCUT2D eigenvalue weighted by Gasteiger charge is 2.33. The van der Waals surface area contributed by atoms with Crippen molar-refractivity contribution in [1.82, 2.24) is 4.98 Å². The molecule has 0 unspecified atom stereocenters. The Balaban J connectivity index is 3.15. The zero-order valence-corrected chi connectivity index (χ0v) is 9.46. The van der Waals surface area contributed by atoms with E-state index in [-0.39, 0.29) is 17.8 Å². The van der Waals surface area contributed by atoms with Gasteiger partial charge in [0.1, 0.15) is 3.70 Å². The summed E-state index contributed by atoms with van der Waals surface area (Å²) in [4.78, 5) is 3.57. The minimum Gasteiger partial charge on any atom is -0.398 e. The van der Waals surface area contributed by atoms with E-state index >= 15 is 0 Å². The molecule has 84 valence electrons. The van der Waals surface area contributed by atoms with E-state index in [9.17, 15) is 13.2 Å². The fourth-order valence-electron chi connectivity index (χ4n) is 0.935. The Morgan fingerprint density at radius 2 is 2.07 bits per heavy atom. The lowest BCUT2D eigenvalue weighted by Crippen LogP contribution is -2.20. The van der Waals surface area contributed by atoms with Gasteiger partial charge in [0.25, 0.3) is 0 Å². The SMILES string of the molecule is NCc1c(N)cc(I)nc1OC(F)(F)F. The van der Waals surface area contributed by atoms with Crippen LogP contribution in [0.4, 0.5) is 18.9 Å². The number of rotatable bonds is 2. The number of halogens is 4. The largest absolute Gasteiger partial charge is 0.574 e. The van der Waals surface area contributed by atoms with E-state index in [1.54, 1.807) is 22.6 Å². The lowest BCUT2D eigenvalue weighted by atomic mass is 10.2. The van der Waals surface area contributed by atoms with Gasteiger partial charge in [0.05, 0.1) is 5.56 Å². The summed E-state index contributed by atoms with van der Waals surface area (Å²) in [5, 5.41) is 0. The molecule has 0 fully saturated rings. The molecule has 4 nitrogen and oxygen atoms in total. The molecule has 4 N–H and O–H groups in total. The topological polar surface area (TPSA) is 74.2 Å². The van der Waals surface area contributed by atoms with Crippen LogP contribution in [-0.2, 0) is 6.54 Å². The van der Waals surface area contributed by atoms with Crippen molar-refractivity contribution in [2.24, 2.45) is 5.73 Å². The summed E-state index contributed by atoms with van der Waals surface area (Å²) in [7, 11) is 0. The lowest BCUT2D eigenvalue weighted by molar-refractivity contribution is -0.276. The molecular formula is C7H7F3IN3O. The summed E-state index contributed by atoms with van der Waals surface area (Å²) in [5.74, 6) is -0.589. The Bertz CT molecular complexity index is 369. The summed E-state index contributed by atoms with van der Waals surface area (Å²) in [6.45, 7) is -0.166. The smallest absolute Gasteiger partial charge is 0.398 e. The van der Waals surface area contributed by atoms with Crippen molar-refractivity contribution in [2.75, 3.05) is 5.73 Å². The molecular weight excluding hydrogens is 326 g/mol. The van der Waals surface area contributed by atoms with Crippen molar-refractivity contribution >= 4 is 28.3 Å². The molecule has 0 spiro atoms. The Morgan fingerprint density at radius 3 is 2.53 bits per heavy atom. The second-order valence-electron chi connectivity index (χ2n) is 2.57. The number of anilines is 1. The van der Waals surface area contributed by atoms with Crippen LogP contribution in [0.15, 0.2) is 6.07 Å². The van der Waals surface area contributed by atoms with Gasteiger partial charge in [-0.3, -0.25) is 0 Å². The van der Waals surface area contributed by atoms with Crippen LogP contribution in [0.5, 0.6) is 5.88 Å². The Morgan fingerprint density at radius 1 is 1.47 bits per heavy atom. The van der Waals surface area contributed by atoms with Gasteiger partial charge in [0.2, 0.25) is 5.88 Å². The Labute approximate surface area is 96.9 Å². The molecule has 0 aromatic carbocycles. The van der Waals surface area contributed by atoms with Crippen LogP contribution in [0.3, 0.4) is 0 Å². The standard InChI is InChI=1S/C7H7F3IN3O/c8-7(9,10)15-6-3(2-12)4(13)1-5(11)14-6/h1H,2,12H2,(H2,13,14). The van der Waals surface area contributed by atoms with E-state index in [1.807, 2.05) is 0 Å². The number of nitrogens with two attached hydrogens (primary N) is 2. The lowest BCUT2D eigenvalue weighted by Gasteiger charge is -2.13. The highest BCUT2D eigenvalue weighted by atomic mass is 127. The molecule has 1 aromatic rings. The summed E-state index contributed by atoms with van der Waals surface area (Å²) in [6.07, 6.45) is -4.80. The van der Waals surface area contributed by atoms with Crippen LogP contribution in [0.25, 0.3) is 0 Å². The number of hydrogen-bond acceptors (Lipinski definition) is 4. The maximum absolute atomic E-state index is 12.0. The van der Waals surface area contributed by atoms with Crippen LogP contribution >= 0.6 is 22.6 Å². The van der Waals surface area contributed by atoms with Gasteiger partial charge in [-0.1, -0.05) is 0 Å². The predicted octanol–water partition coefficient (Wildman–Crippen LogP) is 1.63. The second kappa shape index (κ2) is 4.39. The van der Waals surface area contributed by atoms with E-state index in [2.05, 4.69) is 9.72 Å². The van der Waals surface area contributed by atoms with Crippen LogP contribution in [0.2, 0.25) is 0 Å². The first kappa shape index (κ1) is 12.3. The number of nitrogens with zero attached hydrogens (tertiary/aromatic N) is 1. The summed E-state index contributed by atoms with van der Waals surface area (Å²) < 4.78 is 39.9. The van der Waals surface area contributed by atoms with Crippen molar-refractivity contribution in [3.05, 3.63) is 15.3 Å². The van der Waals surface area contributed by atoms with E-state index in [4.69, 9.17) is 11.5 Å². The van der Waals surface area contributed by atoms with E-state index in [1.165, 1.54) is 6.07 Å². The molecule has 0 atom stereocenters. The second-order valence-corrected chi connectivity index (χ2v) is 3.68. The van der Waals surface area contributed by atoms with Gasteiger partial charge in [0.15, 0.2) is 0 Å². The average molecular weight is 333 g/mol. The molecule has 15 heavy (non-hydrogen) atoms. The average Bonchev–Trinajstić information content (AvgIpc) is 1.99. The summed E-state index contributed by atoms with van der Waals surface area (Å²) in [5.41, 5.74) is 10.9. The van der Waals surface area contributed by atoms with Gasteiger partial charge < -0.3 is 16.2 Å². The van der Waals surface area contributed by atoms with Gasteiger partial charge >= 0.3 is 6.36 Å². The van der Waals surface area contributed by atoms with Crippen molar-refractivity contribution in [3.8, 4) is 5.88 Å². The monoisotopic (exact) mass is 333 g/mol. The third kappa shape index (κ3) is 3.38. The normalized spacial score (nSPS) is 11.5. The van der Waals surface area contributed by atoms with Gasteiger partial charge in [-0.15, -0.1) is 13.2 Å². The molecule has 0 amide bonds. The fraction of sp³-hybridized carbons (Fsp3) is 0.286. The summed E-state index contributed by atoms with van der Waals surface area (Å²) >= 11 is 1.74. The number of hydrogen-bond donors (Lipinski definition) is 2. The minimum atomic E-state index is -4.80. The first-order valence-corrected chi connectivity index (χ1v) is 4.82. The highest BCUT2D eigenvalue weighted by molar-refractivity contribution is 14.1. The first-order valence-electron chi connectivity index (χ1n) is 3.74. The van der Waals surface area contributed by atoms with Crippen LogP contribution in [-0.4, -0.2) is 11.3 Å². The zero-order chi connectivity index (χ0) is 11.6. The van der Waals surface area contributed by atoms with Crippen LogP contribution in [0.1, 0.15) is 5.56 Å². The molecule has 1 aromatic heterocycles. The van der Waals surface area contributed by atoms with E-state index < -0.39 is 12.2 Å². The van der Waals surface area contributed by atoms with Gasteiger partial charge in [-0.05, 0) is 28.7 Å². The molecule has 0 radical (unpaired) electrons. The van der Waals surface area contributed by atoms with Crippen LogP contribution in [0, 0.1) is 3.70 Å². The zero-order valence-electron chi connectivity index (χ0n) is 7.31. The number of ether oxygens (including phenoxy) is 1. The van der Waals surface area contributed by atoms with Gasteiger partial charge in [-0.25, -0.2) is 4.98 Å². The Kier molecular flexibility index (Phi) is 3.60. The molecule has 1 heterocycles. The molecule has 8 heteroatoms. The quantitative estimate of drug-likeness (QED) is 0.637. The maximum Gasteiger partial charge on any atom is 0.574 e. The molecule has 0 aliphatic carbocycles. The molecule has 1 rings (SSSR count). The molecule has 0 saturated heterocycles. The minimum absolute atomic E-state index is 0.0488. The molecule has 0 bridgehead atoms. The highest BCUT2D eigenvalue weighted by Crippen LogP contribution is 2.28. The van der Waals surface area contributed by atoms with Crippen molar-refractivity contribution in [3.63, 3.8) is 0 Å². The van der Waals surface area contributed by atoms with Crippen molar-refractivity contribution in [2.45, 2.75) is 12.9 Å². The number of aromatic nitrogens is 1. The third-order valence-corrected chi connectivity index (χ3v) is 2.06. The first-order chi connectivity index (χ1) is 6.83. The molecule has 0 aliphatic heterocycles. The number of pyridine rings is 1. The third-order valence-electron chi connectivity index (χ3n) is 1.51. The van der Waals surface area contributed by atoms with Gasteiger partial charge in [0, 0.05) is 12.2 Å². The van der Waals surface area contributed by atoms with Crippen LogP contribution < -0.4 is 16.2 Å². The molecule has 0 saturated carbocycles. The predicted molar refractivity (Wildman–Crippen MR) is 55.9 cm³/mol.